The van der Waals surface area contributed by atoms with E-state index >= 15 is 0 Å². The van der Waals surface area contributed by atoms with Gasteiger partial charge >= 0.3 is 0 Å². The number of hydrogen-bond donors (Lipinski definition) is 1. The summed E-state index contributed by atoms with van der Waals surface area (Å²) in [7, 11) is 0. The van der Waals surface area contributed by atoms with Crippen molar-refractivity contribution in [1.29, 1.82) is 0 Å². The van der Waals surface area contributed by atoms with Crippen LogP contribution in [0, 0.1) is 13.8 Å². The van der Waals surface area contributed by atoms with Crippen molar-refractivity contribution in [2.75, 3.05) is 6.61 Å². The second-order valence-electron chi connectivity index (χ2n) is 7.77. The van der Waals surface area contributed by atoms with Crippen LogP contribution in [0.4, 0.5) is 0 Å². The van der Waals surface area contributed by atoms with Crippen molar-refractivity contribution in [3.05, 3.63) is 99.2 Å². The molecule has 5 nitrogen and oxygen atoms in total. The summed E-state index contributed by atoms with van der Waals surface area (Å²) in [5, 5.41) is 6.38. The number of aromatic nitrogens is 1. The van der Waals surface area contributed by atoms with Crippen LogP contribution in [-0.4, -0.2) is 23.3 Å². The molecule has 0 unspecified atom stereocenters. The predicted octanol–water partition coefficient (Wildman–Crippen LogP) is 6.14. The lowest BCUT2D eigenvalue weighted by molar-refractivity contribution is -0.123. The number of carbonyl (C=O) groups excluding carboxylic acids is 1. The summed E-state index contributed by atoms with van der Waals surface area (Å²) in [5.74, 6) is 0.395. The van der Waals surface area contributed by atoms with Crippen LogP contribution in [0.2, 0.25) is 10.0 Å². The standard InChI is InChI=1S/C26H23Cl2N3O2/c1-17-6-5-7-18(2)26(17)33-16-25(32)30-29-13-20-15-31(24-9-4-3-8-22(20)24)14-19-10-11-21(27)12-23(19)28/h3-13,15H,14,16H2,1-2H3,(H,30,32)/b29-13-. The molecular weight excluding hydrogens is 457 g/mol. The Bertz CT molecular complexity index is 1320. The highest BCUT2D eigenvalue weighted by atomic mass is 35.5. The number of rotatable bonds is 7. The Hall–Kier alpha value is -3.28. The molecule has 0 bridgehead atoms. The highest BCUT2D eigenvalue weighted by Crippen LogP contribution is 2.26. The van der Waals surface area contributed by atoms with Crippen molar-refractivity contribution in [3.8, 4) is 5.75 Å². The topological polar surface area (TPSA) is 55.6 Å². The normalized spacial score (nSPS) is 11.3. The van der Waals surface area contributed by atoms with Crippen molar-refractivity contribution in [2.45, 2.75) is 20.4 Å². The molecule has 0 saturated carbocycles. The molecule has 7 heteroatoms. The average molecular weight is 480 g/mol. The molecule has 1 N–H and O–H groups in total. The predicted molar refractivity (Wildman–Crippen MR) is 135 cm³/mol. The molecule has 1 amide bonds. The third-order valence-corrected chi connectivity index (χ3v) is 5.91. The molecule has 168 valence electrons. The number of benzene rings is 3. The first kappa shape index (κ1) is 22.9. The van der Waals surface area contributed by atoms with Gasteiger partial charge in [0, 0.05) is 39.3 Å². The lowest BCUT2D eigenvalue weighted by Gasteiger charge is -2.10. The van der Waals surface area contributed by atoms with E-state index in [2.05, 4.69) is 15.1 Å². The van der Waals surface area contributed by atoms with E-state index in [1.165, 1.54) is 0 Å². The van der Waals surface area contributed by atoms with Gasteiger partial charge in [-0.25, -0.2) is 5.43 Å². The SMILES string of the molecule is Cc1cccc(C)c1OCC(=O)N/N=C\c1cn(Cc2ccc(Cl)cc2Cl)c2ccccc12. The Kier molecular flexibility index (Phi) is 7.02. The summed E-state index contributed by atoms with van der Waals surface area (Å²) in [6, 6.07) is 19.3. The van der Waals surface area contributed by atoms with E-state index in [0.29, 0.717) is 16.6 Å². The van der Waals surface area contributed by atoms with Crippen LogP contribution < -0.4 is 10.2 Å². The van der Waals surface area contributed by atoms with Gasteiger partial charge in [0.1, 0.15) is 5.75 Å². The number of ether oxygens (including phenoxy) is 1. The van der Waals surface area contributed by atoms with Crippen LogP contribution in [0.5, 0.6) is 5.75 Å². The number of carbonyl (C=O) groups is 1. The first-order valence-corrected chi connectivity index (χ1v) is 11.2. The van der Waals surface area contributed by atoms with Gasteiger partial charge in [0.05, 0.1) is 6.21 Å². The molecule has 0 saturated heterocycles. The number of hydrogen-bond acceptors (Lipinski definition) is 3. The molecule has 1 heterocycles. The van der Waals surface area contributed by atoms with Gasteiger partial charge in [-0.05, 0) is 48.7 Å². The summed E-state index contributed by atoms with van der Waals surface area (Å²) >= 11 is 12.4. The number of nitrogens with one attached hydrogen (secondary N) is 1. The van der Waals surface area contributed by atoms with Crippen LogP contribution in [0.1, 0.15) is 22.3 Å². The maximum Gasteiger partial charge on any atom is 0.277 e. The number of amides is 1. The first-order valence-electron chi connectivity index (χ1n) is 10.4. The summed E-state index contributed by atoms with van der Waals surface area (Å²) in [6.07, 6.45) is 3.62. The van der Waals surface area contributed by atoms with Gasteiger partial charge in [0.25, 0.3) is 5.91 Å². The molecule has 4 aromatic rings. The van der Waals surface area contributed by atoms with E-state index in [1.807, 2.05) is 74.6 Å². The second-order valence-corrected chi connectivity index (χ2v) is 8.61. The van der Waals surface area contributed by atoms with Gasteiger partial charge in [-0.3, -0.25) is 4.79 Å². The third-order valence-electron chi connectivity index (χ3n) is 5.32. The van der Waals surface area contributed by atoms with E-state index in [0.717, 1.165) is 38.9 Å². The Balaban J connectivity index is 1.46. The Morgan fingerprint density at radius 1 is 1.06 bits per heavy atom. The van der Waals surface area contributed by atoms with Crippen LogP contribution in [0.25, 0.3) is 10.9 Å². The van der Waals surface area contributed by atoms with Gasteiger partial charge in [-0.2, -0.15) is 5.10 Å². The van der Waals surface area contributed by atoms with Crippen molar-refractivity contribution >= 4 is 46.2 Å². The molecule has 1 aromatic heterocycles. The molecule has 0 fully saturated rings. The lowest BCUT2D eigenvalue weighted by Crippen LogP contribution is -2.25. The highest BCUT2D eigenvalue weighted by Gasteiger charge is 2.10. The van der Waals surface area contributed by atoms with Crippen LogP contribution in [0.15, 0.2) is 72.0 Å². The van der Waals surface area contributed by atoms with Gasteiger partial charge in [-0.15, -0.1) is 0 Å². The van der Waals surface area contributed by atoms with Gasteiger partial charge in [0.15, 0.2) is 6.61 Å². The molecule has 33 heavy (non-hydrogen) atoms. The summed E-state index contributed by atoms with van der Waals surface area (Å²) < 4.78 is 7.78. The van der Waals surface area contributed by atoms with Crippen molar-refractivity contribution in [2.24, 2.45) is 5.10 Å². The van der Waals surface area contributed by atoms with Crippen molar-refractivity contribution in [3.63, 3.8) is 0 Å². The van der Waals surface area contributed by atoms with Crippen molar-refractivity contribution < 1.29 is 9.53 Å². The Morgan fingerprint density at radius 2 is 1.82 bits per heavy atom. The largest absolute Gasteiger partial charge is 0.483 e. The number of aryl methyl sites for hydroxylation is 2. The number of fused-ring (bicyclic) bond motifs is 1. The zero-order valence-corrected chi connectivity index (χ0v) is 19.8. The number of nitrogens with zero attached hydrogens (tertiary/aromatic N) is 2. The fourth-order valence-corrected chi connectivity index (χ4v) is 4.18. The second kappa shape index (κ2) is 10.1. The molecule has 3 aromatic carbocycles. The Labute approximate surface area is 202 Å². The average Bonchev–Trinajstić information content (AvgIpc) is 3.13. The maximum atomic E-state index is 12.2. The van der Waals surface area contributed by atoms with Gasteiger partial charge in [-0.1, -0.05) is 65.7 Å². The number of hydrazone groups is 1. The fraction of sp³-hybridized carbons (Fsp3) is 0.154. The summed E-state index contributed by atoms with van der Waals surface area (Å²) in [6.45, 7) is 4.37. The van der Waals surface area contributed by atoms with E-state index in [-0.39, 0.29) is 12.5 Å². The monoisotopic (exact) mass is 479 g/mol. The molecule has 0 spiro atoms. The molecule has 0 aliphatic rings. The van der Waals surface area contributed by atoms with Crippen molar-refractivity contribution in [1.82, 2.24) is 9.99 Å². The van der Waals surface area contributed by atoms with Crippen LogP contribution in [-0.2, 0) is 11.3 Å². The van der Waals surface area contributed by atoms with Crippen LogP contribution in [0.3, 0.4) is 0 Å². The number of halogens is 2. The molecule has 4 rings (SSSR count). The zero-order chi connectivity index (χ0) is 23.4. The fourth-order valence-electron chi connectivity index (χ4n) is 3.71. The van der Waals surface area contributed by atoms with E-state index < -0.39 is 0 Å². The van der Waals surface area contributed by atoms with E-state index in [9.17, 15) is 4.79 Å². The quantitative estimate of drug-likeness (QED) is 0.255. The summed E-state index contributed by atoms with van der Waals surface area (Å²) in [4.78, 5) is 12.2. The molecule has 0 aliphatic heterocycles. The Morgan fingerprint density at radius 3 is 2.58 bits per heavy atom. The molecule has 0 atom stereocenters. The maximum absolute atomic E-state index is 12.2. The van der Waals surface area contributed by atoms with E-state index in [4.69, 9.17) is 27.9 Å². The number of para-hydroxylation sites is 2. The van der Waals surface area contributed by atoms with Gasteiger partial charge < -0.3 is 9.30 Å². The first-order chi connectivity index (χ1) is 15.9. The van der Waals surface area contributed by atoms with Crippen LogP contribution >= 0.6 is 23.2 Å². The molecule has 0 radical (unpaired) electrons. The highest BCUT2D eigenvalue weighted by molar-refractivity contribution is 6.35. The minimum absolute atomic E-state index is 0.111. The lowest BCUT2D eigenvalue weighted by atomic mass is 10.1. The molecular formula is C26H23Cl2N3O2. The van der Waals surface area contributed by atoms with Gasteiger partial charge in [0.2, 0.25) is 0 Å². The smallest absolute Gasteiger partial charge is 0.277 e. The zero-order valence-electron chi connectivity index (χ0n) is 18.3. The minimum Gasteiger partial charge on any atom is -0.483 e. The van der Waals surface area contributed by atoms with E-state index in [1.54, 1.807) is 12.3 Å². The minimum atomic E-state index is -0.328. The summed E-state index contributed by atoms with van der Waals surface area (Å²) in [5.41, 5.74) is 7.39. The third kappa shape index (κ3) is 5.38. The molecule has 0 aliphatic carbocycles.